The Morgan fingerprint density at radius 2 is 1.86 bits per heavy atom. The van der Waals surface area contributed by atoms with E-state index < -0.39 is 0 Å². The molecule has 1 aromatic heterocycles. The Kier molecular flexibility index (Phi) is 2.44. The fourth-order valence-electron chi connectivity index (χ4n) is 1.96. The van der Waals surface area contributed by atoms with Gasteiger partial charge in [0, 0.05) is 19.3 Å². The van der Waals surface area contributed by atoms with Crippen LogP contribution in [-0.4, -0.2) is 18.1 Å². The Bertz CT molecular complexity index is 295. The van der Waals surface area contributed by atoms with E-state index in [2.05, 4.69) is 42.8 Å². The van der Waals surface area contributed by atoms with E-state index in [0.717, 1.165) is 30.7 Å². The third-order valence-electron chi connectivity index (χ3n) is 3.21. The second kappa shape index (κ2) is 3.60. The zero-order chi connectivity index (χ0) is 10.1. The molecule has 0 spiro atoms. The van der Waals surface area contributed by atoms with Crippen LogP contribution in [0.4, 0.5) is 5.82 Å². The molecule has 14 heavy (non-hydrogen) atoms. The number of rotatable bonds is 1. The van der Waals surface area contributed by atoms with Crippen LogP contribution in [0.5, 0.6) is 0 Å². The van der Waals surface area contributed by atoms with Crippen molar-refractivity contribution in [3.8, 4) is 0 Å². The summed E-state index contributed by atoms with van der Waals surface area (Å²) in [5, 5.41) is 0. The van der Waals surface area contributed by atoms with Gasteiger partial charge < -0.3 is 4.90 Å². The smallest absolute Gasteiger partial charge is 0.128 e. The summed E-state index contributed by atoms with van der Waals surface area (Å²) in [6.07, 6.45) is 1.95. The molecule has 1 aliphatic heterocycles. The molecule has 2 unspecified atom stereocenters. The first kappa shape index (κ1) is 9.50. The predicted octanol–water partition coefficient (Wildman–Crippen LogP) is 2.48. The van der Waals surface area contributed by atoms with Crippen molar-refractivity contribution in [1.82, 2.24) is 4.98 Å². The minimum absolute atomic E-state index is 0.790. The lowest BCUT2D eigenvalue weighted by Gasteiger charge is -2.16. The minimum Gasteiger partial charge on any atom is -0.356 e. The Labute approximate surface area is 86.0 Å². The number of nitrogens with zero attached hydrogens (tertiary/aromatic N) is 2. The Morgan fingerprint density at radius 1 is 1.21 bits per heavy atom. The SMILES string of the molecule is Cc1ccc(N2CC(C)C(C)C2)nc1. The third kappa shape index (κ3) is 1.74. The summed E-state index contributed by atoms with van der Waals surface area (Å²) in [5.74, 6) is 2.71. The van der Waals surface area contributed by atoms with Crippen LogP contribution in [0.15, 0.2) is 18.3 Å². The lowest BCUT2D eigenvalue weighted by Crippen LogP contribution is -2.20. The van der Waals surface area contributed by atoms with Gasteiger partial charge in [-0.2, -0.15) is 0 Å². The summed E-state index contributed by atoms with van der Waals surface area (Å²) in [4.78, 5) is 6.84. The zero-order valence-corrected chi connectivity index (χ0v) is 9.20. The molecule has 2 heteroatoms. The zero-order valence-electron chi connectivity index (χ0n) is 9.20. The molecule has 1 aromatic rings. The summed E-state index contributed by atoms with van der Waals surface area (Å²) < 4.78 is 0. The van der Waals surface area contributed by atoms with Crippen LogP contribution in [0.3, 0.4) is 0 Å². The number of aromatic nitrogens is 1. The molecule has 1 saturated heterocycles. The van der Waals surface area contributed by atoms with Crippen molar-refractivity contribution in [2.45, 2.75) is 20.8 Å². The van der Waals surface area contributed by atoms with Crippen molar-refractivity contribution in [3.63, 3.8) is 0 Å². The van der Waals surface area contributed by atoms with Gasteiger partial charge in [0.25, 0.3) is 0 Å². The quantitative estimate of drug-likeness (QED) is 0.676. The number of hydrogen-bond acceptors (Lipinski definition) is 2. The maximum Gasteiger partial charge on any atom is 0.128 e. The fraction of sp³-hybridized carbons (Fsp3) is 0.583. The summed E-state index contributed by atoms with van der Waals surface area (Å²) in [6, 6.07) is 4.26. The summed E-state index contributed by atoms with van der Waals surface area (Å²) >= 11 is 0. The molecule has 2 nitrogen and oxygen atoms in total. The Balaban J connectivity index is 2.13. The molecule has 0 bridgehead atoms. The maximum absolute atomic E-state index is 4.46. The largest absolute Gasteiger partial charge is 0.356 e. The van der Waals surface area contributed by atoms with Gasteiger partial charge >= 0.3 is 0 Å². The van der Waals surface area contributed by atoms with Crippen LogP contribution in [-0.2, 0) is 0 Å². The number of aryl methyl sites for hydroxylation is 1. The molecule has 0 amide bonds. The highest BCUT2D eigenvalue weighted by Crippen LogP contribution is 2.26. The van der Waals surface area contributed by atoms with Crippen LogP contribution >= 0.6 is 0 Å². The molecule has 2 rings (SSSR count). The lowest BCUT2D eigenvalue weighted by molar-refractivity contribution is 0.494. The number of anilines is 1. The molecule has 2 atom stereocenters. The highest BCUT2D eigenvalue weighted by atomic mass is 15.2. The average molecular weight is 190 g/mol. The van der Waals surface area contributed by atoms with E-state index in [-0.39, 0.29) is 0 Å². The maximum atomic E-state index is 4.46. The Hall–Kier alpha value is -1.05. The van der Waals surface area contributed by atoms with Gasteiger partial charge in [-0.1, -0.05) is 19.9 Å². The second-order valence-electron chi connectivity index (χ2n) is 4.55. The van der Waals surface area contributed by atoms with Crippen molar-refractivity contribution in [2.24, 2.45) is 11.8 Å². The first-order valence-electron chi connectivity index (χ1n) is 5.34. The van der Waals surface area contributed by atoms with E-state index >= 15 is 0 Å². The molecular formula is C12H18N2. The lowest BCUT2D eigenvalue weighted by atomic mass is 10.0. The van der Waals surface area contributed by atoms with Gasteiger partial charge in [0.2, 0.25) is 0 Å². The van der Waals surface area contributed by atoms with E-state index in [9.17, 15) is 0 Å². The van der Waals surface area contributed by atoms with Crippen molar-refractivity contribution in [3.05, 3.63) is 23.9 Å². The molecule has 0 N–H and O–H groups in total. The van der Waals surface area contributed by atoms with Gasteiger partial charge in [-0.15, -0.1) is 0 Å². The van der Waals surface area contributed by atoms with E-state index in [0.29, 0.717) is 0 Å². The standard InChI is InChI=1S/C12H18N2/c1-9-4-5-12(13-6-9)14-7-10(2)11(3)8-14/h4-6,10-11H,7-8H2,1-3H3. The molecule has 0 aromatic carbocycles. The normalized spacial score (nSPS) is 26.9. The fourth-order valence-corrected chi connectivity index (χ4v) is 1.96. The van der Waals surface area contributed by atoms with Crippen molar-refractivity contribution < 1.29 is 0 Å². The first-order valence-corrected chi connectivity index (χ1v) is 5.34. The van der Waals surface area contributed by atoms with Crippen LogP contribution in [0.25, 0.3) is 0 Å². The highest BCUT2D eigenvalue weighted by Gasteiger charge is 2.26. The molecule has 0 aliphatic carbocycles. The topological polar surface area (TPSA) is 16.1 Å². The van der Waals surface area contributed by atoms with Gasteiger partial charge in [-0.25, -0.2) is 4.98 Å². The van der Waals surface area contributed by atoms with E-state index in [1.165, 1.54) is 5.56 Å². The van der Waals surface area contributed by atoms with Crippen LogP contribution in [0, 0.1) is 18.8 Å². The molecule has 2 heterocycles. The van der Waals surface area contributed by atoms with Gasteiger partial charge in [0.1, 0.15) is 5.82 Å². The van der Waals surface area contributed by atoms with E-state index in [1.54, 1.807) is 0 Å². The van der Waals surface area contributed by atoms with E-state index in [1.807, 2.05) is 6.20 Å². The molecule has 1 aliphatic rings. The van der Waals surface area contributed by atoms with Gasteiger partial charge in [-0.05, 0) is 30.4 Å². The van der Waals surface area contributed by atoms with Crippen LogP contribution in [0.2, 0.25) is 0 Å². The predicted molar refractivity (Wildman–Crippen MR) is 59.5 cm³/mol. The molecule has 76 valence electrons. The number of pyridine rings is 1. The summed E-state index contributed by atoms with van der Waals surface area (Å²) in [6.45, 7) is 9.01. The van der Waals surface area contributed by atoms with E-state index in [4.69, 9.17) is 0 Å². The molecule has 0 saturated carbocycles. The highest BCUT2D eigenvalue weighted by molar-refractivity contribution is 5.40. The third-order valence-corrected chi connectivity index (χ3v) is 3.21. The average Bonchev–Trinajstić information content (AvgIpc) is 2.48. The monoisotopic (exact) mass is 190 g/mol. The summed E-state index contributed by atoms with van der Waals surface area (Å²) in [5.41, 5.74) is 1.23. The van der Waals surface area contributed by atoms with Gasteiger partial charge in [0.05, 0.1) is 0 Å². The van der Waals surface area contributed by atoms with Gasteiger partial charge in [0.15, 0.2) is 0 Å². The van der Waals surface area contributed by atoms with Crippen LogP contribution < -0.4 is 4.90 Å². The molecule has 1 fully saturated rings. The molecular weight excluding hydrogens is 172 g/mol. The van der Waals surface area contributed by atoms with Crippen molar-refractivity contribution in [1.29, 1.82) is 0 Å². The van der Waals surface area contributed by atoms with Crippen molar-refractivity contribution >= 4 is 5.82 Å². The first-order chi connectivity index (χ1) is 6.66. The Morgan fingerprint density at radius 3 is 2.36 bits per heavy atom. The number of hydrogen-bond donors (Lipinski definition) is 0. The van der Waals surface area contributed by atoms with Gasteiger partial charge in [-0.3, -0.25) is 0 Å². The summed E-state index contributed by atoms with van der Waals surface area (Å²) in [7, 11) is 0. The minimum atomic E-state index is 0.790. The van der Waals surface area contributed by atoms with Crippen molar-refractivity contribution in [2.75, 3.05) is 18.0 Å². The molecule has 0 radical (unpaired) electrons. The van der Waals surface area contributed by atoms with Crippen LogP contribution in [0.1, 0.15) is 19.4 Å². The second-order valence-corrected chi connectivity index (χ2v) is 4.55.